The summed E-state index contributed by atoms with van der Waals surface area (Å²) in [4.78, 5) is 28.6. The SMILES string of the molecule is O=C(O)[C@@H]1CCCC[C@H]1N1CCN(C(=O)C2=C3C=CC=CC3NN2)CC1. The van der Waals surface area contributed by atoms with Gasteiger partial charge in [-0.15, -0.1) is 0 Å². The van der Waals surface area contributed by atoms with Crippen LogP contribution in [-0.2, 0) is 9.59 Å². The van der Waals surface area contributed by atoms with Crippen LogP contribution in [0, 0.1) is 5.92 Å². The maximum atomic E-state index is 12.9. The van der Waals surface area contributed by atoms with Crippen LogP contribution in [0.25, 0.3) is 0 Å². The molecule has 2 fully saturated rings. The maximum Gasteiger partial charge on any atom is 0.308 e. The van der Waals surface area contributed by atoms with Crippen molar-refractivity contribution in [3.63, 3.8) is 0 Å². The first kappa shape index (κ1) is 17.3. The fraction of sp³-hybridized carbons (Fsp3) is 0.579. The number of carbonyl (C=O) groups excluding carboxylic acids is 1. The Balaban J connectivity index is 1.39. The molecule has 3 N–H and O–H groups in total. The molecule has 4 rings (SSSR count). The van der Waals surface area contributed by atoms with Crippen LogP contribution in [-0.4, -0.2) is 65.0 Å². The third kappa shape index (κ3) is 3.17. The monoisotopic (exact) mass is 358 g/mol. The molecule has 2 aliphatic carbocycles. The smallest absolute Gasteiger partial charge is 0.308 e. The normalized spacial score (nSPS) is 31.7. The van der Waals surface area contributed by atoms with Gasteiger partial charge in [0.1, 0.15) is 5.70 Å². The molecule has 0 aromatic heterocycles. The lowest BCUT2D eigenvalue weighted by Gasteiger charge is -2.43. The third-order valence-electron chi connectivity index (χ3n) is 6.00. The minimum atomic E-state index is -0.676. The van der Waals surface area contributed by atoms with E-state index in [0.29, 0.717) is 18.8 Å². The summed E-state index contributed by atoms with van der Waals surface area (Å²) in [5, 5.41) is 9.51. The number of fused-ring (bicyclic) bond motifs is 1. The first-order chi connectivity index (χ1) is 12.6. The molecule has 7 heteroatoms. The largest absolute Gasteiger partial charge is 0.481 e. The van der Waals surface area contributed by atoms with E-state index in [2.05, 4.69) is 15.8 Å². The molecule has 2 aliphatic heterocycles. The van der Waals surface area contributed by atoms with Crippen LogP contribution in [0.2, 0.25) is 0 Å². The van der Waals surface area contributed by atoms with Gasteiger partial charge in [0, 0.05) is 37.8 Å². The summed E-state index contributed by atoms with van der Waals surface area (Å²) >= 11 is 0. The Labute approximate surface area is 153 Å². The van der Waals surface area contributed by atoms with Crippen molar-refractivity contribution in [1.82, 2.24) is 20.7 Å². The summed E-state index contributed by atoms with van der Waals surface area (Å²) in [5.74, 6) is -0.922. The van der Waals surface area contributed by atoms with Crippen molar-refractivity contribution in [2.75, 3.05) is 26.2 Å². The van der Waals surface area contributed by atoms with E-state index in [1.807, 2.05) is 29.2 Å². The summed E-state index contributed by atoms with van der Waals surface area (Å²) in [6.07, 6.45) is 11.7. The predicted molar refractivity (Wildman–Crippen MR) is 96.9 cm³/mol. The number of piperazine rings is 1. The number of hydrazine groups is 1. The number of carbonyl (C=O) groups is 2. The molecule has 0 radical (unpaired) electrons. The Hall–Kier alpha value is -2.12. The van der Waals surface area contributed by atoms with Gasteiger partial charge in [0.2, 0.25) is 0 Å². The molecule has 0 bridgehead atoms. The summed E-state index contributed by atoms with van der Waals surface area (Å²) in [6.45, 7) is 2.78. The molecule has 26 heavy (non-hydrogen) atoms. The molecule has 1 amide bonds. The summed E-state index contributed by atoms with van der Waals surface area (Å²) in [5.41, 5.74) is 7.77. The van der Waals surface area contributed by atoms with Gasteiger partial charge in [-0.25, -0.2) is 5.43 Å². The van der Waals surface area contributed by atoms with Gasteiger partial charge >= 0.3 is 5.97 Å². The number of hydrogen-bond acceptors (Lipinski definition) is 5. The fourth-order valence-electron chi connectivity index (χ4n) is 4.56. The van der Waals surface area contributed by atoms with Gasteiger partial charge in [-0.05, 0) is 12.8 Å². The van der Waals surface area contributed by atoms with Gasteiger partial charge < -0.3 is 15.4 Å². The van der Waals surface area contributed by atoms with E-state index < -0.39 is 5.97 Å². The Morgan fingerprint density at radius 3 is 2.62 bits per heavy atom. The lowest BCUT2D eigenvalue weighted by Crippen LogP contribution is -2.56. The van der Waals surface area contributed by atoms with E-state index in [1.54, 1.807) is 0 Å². The molecule has 1 unspecified atom stereocenters. The molecule has 0 aromatic carbocycles. The zero-order valence-electron chi connectivity index (χ0n) is 14.9. The predicted octanol–water partition coefficient (Wildman–Crippen LogP) is 0.631. The van der Waals surface area contributed by atoms with Crippen LogP contribution >= 0.6 is 0 Å². The van der Waals surface area contributed by atoms with Crippen molar-refractivity contribution < 1.29 is 14.7 Å². The molecule has 3 atom stereocenters. The van der Waals surface area contributed by atoms with Crippen LogP contribution in [0.1, 0.15) is 25.7 Å². The van der Waals surface area contributed by atoms with Crippen LogP contribution < -0.4 is 10.9 Å². The summed E-state index contributed by atoms with van der Waals surface area (Å²) in [6, 6.07) is 0.168. The average molecular weight is 358 g/mol. The summed E-state index contributed by atoms with van der Waals surface area (Å²) in [7, 11) is 0. The topological polar surface area (TPSA) is 84.9 Å². The maximum absolute atomic E-state index is 12.9. The number of aliphatic carboxylic acids is 1. The Morgan fingerprint density at radius 2 is 1.85 bits per heavy atom. The van der Waals surface area contributed by atoms with Crippen LogP contribution in [0.4, 0.5) is 0 Å². The Bertz CT molecular complexity index is 676. The number of nitrogens with one attached hydrogen (secondary N) is 2. The van der Waals surface area contributed by atoms with Gasteiger partial charge in [-0.2, -0.15) is 0 Å². The Kier molecular flexibility index (Phi) is 4.82. The molecule has 2 heterocycles. The van der Waals surface area contributed by atoms with E-state index in [9.17, 15) is 14.7 Å². The number of amides is 1. The van der Waals surface area contributed by atoms with Crippen molar-refractivity contribution >= 4 is 11.9 Å². The van der Waals surface area contributed by atoms with Crippen molar-refractivity contribution in [2.45, 2.75) is 37.8 Å². The molecule has 140 valence electrons. The van der Waals surface area contributed by atoms with E-state index >= 15 is 0 Å². The number of carboxylic acids is 1. The van der Waals surface area contributed by atoms with Crippen LogP contribution in [0.15, 0.2) is 35.6 Å². The van der Waals surface area contributed by atoms with E-state index in [0.717, 1.165) is 44.3 Å². The molecular weight excluding hydrogens is 332 g/mol. The fourth-order valence-corrected chi connectivity index (χ4v) is 4.56. The van der Waals surface area contributed by atoms with E-state index in [4.69, 9.17) is 0 Å². The summed E-state index contributed by atoms with van der Waals surface area (Å²) < 4.78 is 0. The van der Waals surface area contributed by atoms with Crippen molar-refractivity contribution in [2.24, 2.45) is 5.92 Å². The molecular formula is C19H26N4O3. The highest BCUT2D eigenvalue weighted by Crippen LogP contribution is 2.30. The van der Waals surface area contributed by atoms with Gasteiger partial charge in [0.05, 0.1) is 12.0 Å². The lowest BCUT2D eigenvalue weighted by molar-refractivity contribution is -0.146. The van der Waals surface area contributed by atoms with Gasteiger partial charge in [-0.1, -0.05) is 37.1 Å². The lowest BCUT2D eigenvalue weighted by atomic mass is 9.83. The molecule has 1 saturated carbocycles. The molecule has 4 aliphatic rings. The van der Waals surface area contributed by atoms with Crippen LogP contribution in [0.5, 0.6) is 0 Å². The van der Waals surface area contributed by atoms with E-state index in [-0.39, 0.29) is 23.9 Å². The minimum absolute atomic E-state index is 0.0213. The van der Waals surface area contributed by atoms with Crippen molar-refractivity contribution in [1.29, 1.82) is 0 Å². The highest BCUT2D eigenvalue weighted by Gasteiger charge is 2.37. The zero-order chi connectivity index (χ0) is 18.1. The number of carboxylic acid groups (broad SMARTS) is 1. The molecule has 1 saturated heterocycles. The first-order valence-corrected chi connectivity index (χ1v) is 9.52. The molecule has 0 spiro atoms. The van der Waals surface area contributed by atoms with Crippen molar-refractivity contribution in [3.8, 4) is 0 Å². The number of rotatable bonds is 3. The highest BCUT2D eigenvalue weighted by atomic mass is 16.4. The van der Waals surface area contributed by atoms with Crippen LogP contribution in [0.3, 0.4) is 0 Å². The number of hydrogen-bond donors (Lipinski definition) is 3. The second-order valence-corrected chi connectivity index (χ2v) is 7.45. The highest BCUT2D eigenvalue weighted by molar-refractivity contribution is 5.95. The second kappa shape index (κ2) is 7.25. The van der Waals surface area contributed by atoms with Gasteiger partial charge in [0.25, 0.3) is 5.91 Å². The first-order valence-electron chi connectivity index (χ1n) is 9.52. The van der Waals surface area contributed by atoms with Crippen molar-refractivity contribution in [3.05, 3.63) is 35.6 Å². The number of allylic oxidation sites excluding steroid dienone is 2. The second-order valence-electron chi connectivity index (χ2n) is 7.45. The third-order valence-corrected chi connectivity index (χ3v) is 6.00. The van der Waals surface area contributed by atoms with E-state index in [1.165, 1.54) is 0 Å². The average Bonchev–Trinajstić information content (AvgIpc) is 3.11. The Morgan fingerprint density at radius 1 is 1.08 bits per heavy atom. The van der Waals surface area contributed by atoms with Gasteiger partial charge in [-0.3, -0.25) is 14.5 Å². The number of nitrogens with zero attached hydrogens (tertiary/aromatic N) is 2. The minimum Gasteiger partial charge on any atom is -0.481 e. The molecule has 7 nitrogen and oxygen atoms in total. The van der Waals surface area contributed by atoms with Gasteiger partial charge in [0.15, 0.2) is 0 Å². The standard InChI is InChI=1S/C19H26N4O3/c24-18(17-13-5-1-3-7-15(13)20-21-17)23-11-9-22(10-12-23)16-8-4-2-6-14(16)19(25)26/h1,3,5,7,14-16,20-21H,2,4,6,8-12H2,(H,25,26)/t14-,15?,16-/m1/s1. The zero-order valence-corrected chi connectivity index (χ0v) is 14.9. The molecule has 0 aromatic rings. The quantitative estimate of drug-likeness (QED) is 0.686.